The van der Waals surface area contributed by atoms with E-state index < -0.39 is 6.04 Å². The third-order valence-electron chi connectivity index (χ3n) is 4.87. The SMILES string of the molecule is CN(C)CCOCC(CNC(=O)c1ccc(-n2ccccc2=O)cc1)NC(=O)c1ccc(Cl)s1. The van der Waals surface area contributed by atoms with Crippen LogP contribution in [0, 0.1) is 0 Å². The molecule has 0 saturated heterocycles. The molecule has 0 bridgehead atoms. The van der Waals surface area contributed by atoms with Crippen molar-refractivity contribution in [3.05, 3.63) is 85.9 Å². The second-order valence-corrected chi connectivity index (χ2v) is 9.53. The van der Waals surface area contributed by atoms with Crippen molar-refractivity contribution in [3.63, 3.8) is 0 Å². The molecule has 2 aromatic heterocycles. The van der Waals surface area contributed by atoms with Crippen LogP contribution in [0.15, 0.2) is 65.6 Å². The van der Waals surface area contributed by atoms with Crippen LogP contribution in [-0.4, -0.2) is 67.7 Å². The molecule has 0 fully saturated rings. The molecule has 0 saturated carbocycles. The quantitative estimate of drug-likeness (QED) is 0.393. The normalized spacial score (nSPS) is 11.9. The van der Waals surface area contributed by atoms with Gasteiger partial charge in [0.05, 0.1) is 28.5 Å². The number of likely N-dealkylation sites (N-methyl/N-ethyl adjacent to an activating group) is 1. The molecule has 1 aromatic carbocycles. The number of pyridine rings is 1. The molecule has 3 aromatic rings. The first-order valence-corrected chi connectivity index (χ1v) is 11.9. The number of hydrogen-bond acceptors (Lipinski definition) is 6. The van der Waals surface area contributed by atoms with E-state index in [0.29, 0.717) is 27.1 Å². The van der Waals surface area contributed by atoms with Gasteiger partial charge in [-0.2, -0.15) is 0 Å². The van der Waals surface area contributed by atoms with Crippen LogP contribution >= 0.6 is 22.9 Å². The van der Waals surface area contributed by atoms with Crippen LogP contribution in [0.4, 0.5) is 0 Å². The highest BCUT2D eigenvalue weighted by atomic mass is 35.5. The topological polar surface area (TPSA) is 92.7 Å². The van der Waals surface area contributed by atoms with Crippen LogP contribution in [0.1, 0.15) is 20.0 Å². The number of carbonyl (C=O) groups excluding carboxylic acids is 2. The van der Waals surface area contributed by atoms with E-state index in [1.165, 1.54) is 22.0 Å². The lowest BCUT2D eigenvalue weighted by atomic mass is 10.2. The Hall–Kier alpha value is -2.98. The zero-order chi connectivity index (χ0) is 24.5. The summed E-state index contributed by atoms with van der Waals surface area (Å²) >= 11 is 7.12. The minimum Gasteiger partial charge on any atom is -0.378 e. The fourth-order valence-corrected chi connectivity index (χ4v) is 4.00. The number of carbonyl (C=O) groups is 2. The fourth-order valence-electron chi connectivity index (χ4n) is 3.05. The van der Waals surface area contributed by atoms with Crippen molar-refractivity contribution in [3.8, 4) is 5.69 Å². The monoisotopic (exact) mass is 502 g/mol. The van der Waals surface area contributed by atoms with Crippen molar-refractivity contribution in [2.75, 3.05) is 40.4 Å². The van der Waals surface area contributed by atoms with E-state index in [2.05, 4.69) is 10.6 Å². The fraction of sp³-hybridized carbons (Fsp3) is 0.292. The van der Waals surface area contributed by atoms with E-state index in [9.17, 15) is 14.4 Å². The van der Waals surface area contributed by atoms with Crippen LogP contribution in [0.2, 0.25) is 4.34 Å². The van der Waals surface area contributed by atoms with E-state index in [-0.39, 0.29) is 30.5 Å². The van der Waals surface area contributed by atoms with E-state index in [4.69, 9.17) is 16.3 Å². The Bertz CT molecular complexity index is 1160. The summed E-state index contributed by atoms with van der Waals surface area (Å²) in [6, 6.07) is 14.5. The number of rotatable bonds is 11. The van der Waals surface area contributed by atoms with Crippen molar-refractivity contribution in [2.24, 2.45) is 0 Å². The molecular formula is C24H27ClN4O4S. The van der Waals surface area contributed by atoms with Gasteiger partial charge in [0.1, 0.15) is 0 Å². The summed E-state index contributed by atoms with van der Waals surface area (Å²) in [4.78, 5) is 39.7. The van der Waals surface area contributed by atoms with Crippen molar-refractivity contribution in [2.45, 2.75) is 6.04 Å². The largest absolute Gasteiger partial charge is 0.378 e. The number of hydrogen-bond donors (Lipinski definition) is 2. The molecule has 34 heavy (non-hydrogen) atoms. The van der Waals surface area contributed by atoms with Crippen molar-refractivity contribution >= 4 is 34.8 Å². The average Bonchev–Trinajstić information content (AvgIpc) is 3.26. The summed E-state index contributed by atoms with van der Waals surface area (Å²) in [5, 5.41) is 5.75. The highest BCUT2D eigenvalue weighted by molar-refractivity contribution is 7.18. The Morgan fingerprint density at radius 3 is 2.50 bits per heavy atom. The molecule has 0 spiro atoms. The van der Waals surface area contributed by atoms with Crippen molar-refractivity contribution < 1.29 is 14.3 Å². The lowest BCUT2D eigenvalue weighted by molar-refractivity contribution is 0.0777. The molecule has 0 aliphatic heterocycles. The molecule has 8 nitrogen and oxygen atoms in total. The summed E-state index contributed by atoms with van der Waals surface area (Å²) in [7, 11) is 3.89. The number of amides is 2. The number of aromatic nitrogens is 1. The van der Waals surface area contributed by atoms with Crippen LogP contribution in [-0.2, 0) is 4.74 Å². The lowest BCUT2D eigenvalue weighted by Crippen LogP contribution is -2.46. The molecular weight excluding hydrogens is 476 g/mol. The van der Waals surface area contributed by atoms with Crippen LogP contribution < -0.4 is 16.2 Å². The molecule has 10 heteroatoms. The van der Waals surface area contributed by atoms with E-state index >= 15 is 0 Å². The second kappa shape index (κ2) is 12.5. The summed E-state index contributed by atoms with van der Waals surface area (Å²) in [5.41, 5.74) is 0.951. The van der Waals surface area contributed by atoms with Gasteiger partial charge in [-0.3, -0.25) is 19.0 Å². The molecule has 3 rings (SSSR count). The van der Waals surface area contributed by atoms with E-state index in [1.807, 2.05) is 19.0 Å². The highest BCUT2D eigenvalue weighted by Crippen LogP contribution is 2.21. The highest BCUT2D eigenvalue weighted by Gasteiger charge is 2.17. The number of halogens is 1. The molecule has 2 amide bonds. The first-order valence-electron chi connectivity index (χ1n) is 10.7. The first kappa shape index (κ1) is 25.6. The zero-order valence-corrected chi connectivity index (χ0v) is 20.6. The summed E-state index contributed by atoms with van der Waals surface area (Å²) in [5.74, 6) is -0.566. The van der Waals surface area contributed by atoms with Gasteiger partial charge in [0.2, 0.25) is 0 Å². The van der Waals surface area contributed by atoms with E-state index in [1.54, 1.807) is 54.7 Å². The van der Waals surface area contributed by atoms with Crippen LogP contribution in [0.25, 0.3) is 5.69 Å². The van der Waals surface area contributed by atoms with Crippen molar-refractivity contribution in [1.29, 1.82) is 0 Å². The van der Waals surface area contributed by atoms with E-state index in [0.717, 1.165) is 6.54 Å². The predicted molar refractivity (Wildman–Crippen MR) is 134 cm³/mol. The molecule has 1 unspecified atom stereocenters. The summed E-state index contributed by atoms with van der Waals surface area (Å²) < 4.78 is 7.72. The third kappa shape index (κ3) is 7.53. The Labute approximate surface area is 207 Å². The number of thiophene rings is 1. The first-order chi connectivity index (χ1) is 16.3. The molecule has 1 atom stereocenters. The number of nitrogens with zero attached hydrogens (tertiary/aromatic N) is 2. The predicted octanol–water partition coefficient (Wildman–Crippen LogP) is 2.66. The van der Waals surface area contributed by atoms with Gasteiger partial charge in [-0.15, -0.1) is 11.3 Å². The maximum atomic E-state index is 12.7. The summed E-state index contributed by atoms with van der Waals surface area (Å²) in [6.07, 6.45) is 1.67. The Balaban J connectivity index is 1.60. The average molecular weight is 503 g/mol. The summed E-state index contributed by atoms with van der Waals surface area (Å²) in [6.45, 7) is 1.67. The molecule has 180 valence electrons. The number of nitrogens with one attached hydrogen (secondary N) is 2. The minimum atomic E-state index is -0.429. The molecule has 0 aliphatic carbocycles. The van der Waals surface area contributed by atoms with Gasteiger partial charge in [-0.1, -0.05) is 17.7 Å². The third-order valence-corrected chi connectivity index (χ3v) is 6.10. The second-order valence-electron chi connectivity index (χ2n) is 7.82. The minimum absolute atomic E-state index is 0.153. The smallest absolute Gasteiger partial charge is 0.261 e. The van der Waals surface area contributed by atoms with Crippen LogP contribution in [0.3, 0.4) is 0 Å². The number of ether oxygens (including phenoxy) is 1. The Morgan fingerprint density at radius 1 is 1.09 bits per heavy atom. The van der Waals surface area contributed by atoms with Crippen LogP contribution in [0.5, 0.6) is 0 Å². The van der Waals surface area contributed by atoms with Gasteiger partial charge in [0.25, 0.3) is 17.4 Å². The lowest BCUT2D eigenvalue weighted by Gasteiger charge is -2.20. The molecule has 2 N–H and O–H groups in total. The Kier molecular flexibility index (Phi) is 9.41. The maximum Gasteiger partial charge on any atom is 0.261 e. The Morgan fingerprint density at radius 2 is 1.85 bits per heavy atom. The standard InChI is InChI=1S/C24H27ClN4O4S/c1-28(2)13-14-33-16-18(27-24(32)20-10-11-21(25)34-20)15-26-23(31)17-6-8-19(9-7-17)29-12-4-3-5-22(29)30/h3-12,18H,13-16H2,1-2H3,(H,26,31)(H,27,32). The van der Waals surface area contributed by atoms with Gasteiger partial charge in [-0.25, -0.2) is 0 Å². The molecule has 2 heterocycles. The van der Waals surface area contributed by atoms with Gasteiger partial charge in [0.15, 0.2) is 0 Å². The molecule has 0 radical (unpaired) electrons. The van der Waals surface area contributed by atoms with Gasteiger partial charge in [0, 0.05) is 36.6 Å². The van der Waals surface area contributed by atoms with Crippen molar-refractivity contribution in [1.82, 2.24) is 20.1 Å². The molecule has 0 aliphatic rings. The van der Waals surface area contributed by atoms with Gasteiger partial charge >= 0.3 is 0 Å². The van der Waals surface area contributed by atoms with Gasteiger partial charge < -0.3 is 20.3 Å². The zero-order valence-electron chi connectivity index (χ0n) is 19.0. The maximum absolute atomic E-state index is 12.7. The number of benzene rings is 1. The van der Waals surface area contributed by atoms with Gasteiger partial charge in [-0.05, 0) is 56.6 Å².